The number of amides is 1. The van der Waals surface area contributed by atoms with Crippen molar-refractivity contribution in [1.82, 2.24) is 10.2 Å². The summed E-state index contributed by atoms with van der Waals surface area (Å²) in [5, 5.41) is 3.17. The second kappa shape index (κ2) is 4.94. The SMILES string of the molecule is CCN(C(=O)[C@@H]1CCCN1)C1CCS(=O)(=O)C1. The van der Waals surface area contributed by atoms with Gasteiger partial charge in [0.2, 0.25) is 5.91 Å². The highest BCUT2D eigenvalue weighted by Crippen LogP contribution is 2.20. The first-order valence-corrected chi connectivity index (χ1v) is 8.10. The van der Waals surface area contributed by atoms with Crippen molar-refractivity contribution in [3.63, 3.8) is 0 Å². The third-order valence-corrected chi connectivity index (χ3v) is 5.38. The summed E-state index contributed by atoms with van der Waals surface area (Å²) in [6, 6.07) is -0.210. The molecule has 0 aromatic heterocycles. The molecular formula is C11H20N2O3S. The molecule has 2 aliphatic rings. The number of nitrogens with one attached hydrogen (secondary N) is 1. The third kappa shape index (κ3) is 2.80. The van der Waals surface area contributed by atoms with Crippen LogP contribution in [0.2, 0.25) is 0 Å². The van der Waals surface area contributed by atoms with E-state index in [0.717, 1.165) is 19.4 Å². The Hall–Kier alpha value is -0.620. The van der Waals surface area contributed by atoms with Crippen molar-refractivity contribution in [1.29, 1.82) is 0 Å². The Morgan fingerprint density at radius 1 is 1.41 bits per heavy atom. The molecule has 0 spiro atoms. The molecule has 0 bridgehead atoms. The van der Waals surface area contributed by atoms with E-state index in [1.807, 2.05) is 6.92 Å². The van der Waals surface area contributed by atoms with Gasteiger partial charge >= 0.3 is 0 Å². The number of sulfone groups is 1. The first-order valence-electron chi connectivity index (χ1n) is 6.28. The lowest BCUT2D eigenvalue weighted by Crippen LogP contribution is -2.48. The predicted molar refractivity (Wildman–Crippen MR) is 65.5 cm³/mol. The van der Waals surface area contributed by atoms with Gasteiger partial charge in [-0.25, -0.2) is 8.42 Å². The molecule has 6 heteroatoms. The summed E-state index contributed by atoms with van der Waals surface area (Å²) in [4.78, 5) is 14.0. The van der Waals surface area contributed by atoms with Gasteiger partial charge in [0.05, 0.1) is 17.5 Å². The van der Waals surface area contributed by atoms with Gasteiger partial charge in [0.15, 0.2) is 9.84 Å². The third-order valence-electron chi connectivity index (χ3n) is 3.63. The van der Waals surface area contributed by atoms with Crippen molar-refractivity contribution in [2.45, 2.75) is 38.3 Å². The lowest BCUT2D eigenvalue weighted by Gasteiger charge is -2.29. The van der Waals surface area contributed by atoms with Crippen LogP contribution in [0.15, 0.2) is 0 Å². The Bertz CT molecular complexity index is 388. The van der Waals surface area contributed by atoms with Gasteiger partial charge in [-0.3, -0.25) is 4.79 Å². The predicted octanol–water partition coefficient (Wildman–Crippen LogP) is -0.226. The first kappa shape index (κ1) is 12.8. The zero-order chi connectivity index (χ0) is 12.5. The second-order valence-corrected chi connectivity index (χ2v) is 7.06. The number of likely N-dealkylation sites (N-methyl/N-ethyl adjacent to an activating group) is 1. The Morgan fingerprint density at radius 2 is 2.18 bits per heavy atom. The van der Waals surface area contributed by atoms with E-state index >= 15 is 0 Å². The average Bonchev–Trinajstić information content (AvgIpc) is 2.88. The highest BCUT2D eigenvalue weighted by Gasteiger charge is 2.36. The summed E-state index contributed by atoms with van der Waals surface area (Å²) >= 11 is 0. The molecule has 17 heavy (non-hydrogen) atoms. The van der Waals surface area contributed by atoms with Gasteiger partial charge in [0, 0.05) is 12.6 Å². The van der Waals surface area contributed by atoms with Gasteiger partial charge in [0.1, 0.15) is 0 Å². The molecule has 2 rings (SSSR count). The minimum atomic E-state index is -2.92. The number of hydrogen-bond donors (Lipinski definition) is 1. The van der Waals surface area contributed by atoms with Crippen LogP contribution in [-0.2, 0) is 14.6 Å². The average molecular weight is 260 g/mol. The molecule has 0 aromatic rings. The van der Waals surface area contributed by atoms with Crippen LogP contribution >= 0.6 is 0 Å². The molecule has 1 amide bonds. The van der Waals surface area contributed by atoms with Crippen molar-refractivity contribution < 1.29 is 13.2 Å². The van der Waals surface area contributed by atoms with Crippen molar-refractivity contribution in [3.05, 3.63) is 0 Å². The van der Waals surface area contributed by atoms with Crippen molar-refractivity contribution in [3.8, 4) is 0 Å². The molecule has 2 aliphatic heterocycles. The van der Waals surface area contributed by atoms with Gasteiger partial charge in [-0.2, -0.15) is 0 Å². The van der Waals surface area contributed by atoms with E-state index in [2.05, 4.69) is 5.32 Å². The zero-order valence-corrected chi connectivity index (χ0v) is 11.0. The van der Waals surface area contributed by atoms with Crippen molar-refractivity contribution in [2.24, 2.45) is 0 Å². The monoisotopic (exact) mass is 260 g/mol. The van der Waals surface area contributed by atoms with Crippen molar-refractivity contribution >= 4 is 15.7 Å². The van der Waals surface area contributed by atoms with E-state index in [9.17, 15) is 13.2 Å². The Morgan fingerprint density at radius 3 is 2.65 bits per heavy atom. The Labute approximate surface area is 102 Å². The molecule has 2 fully saturated rings. The summed E-state index contributed by atoms with van der Waals surface area (Å²) in [5.41, 5.74) is 0. The largest absolute Gasteiger partial charge is 0.338 e. The van der Waals surface area contributed by atoms with Crippen LogP contribution in [-0.4, -0.2) is 55.9 Å². The van der Waals surface area contributed by atoms with Crippen LogP contribution in [0.5, 0.6) is 0 Å². The van der Waals surface area contributed by atoms with Crippen molar-refractivity contribution in [2.75, 3.05) is 24.6 Å². The molecule has 0 aliphatic carbocycles. The van der Waals surface area contributed by atoms with Crippen LogP contribution in [0, 0.1) is 0 Å². The van der Waals surface area contributed by atoms with Crippen LogP contribution < -0.4 is 5.32 Å². The number of rotatable bonds is 3. The summed E-state index contributed by atoms with van der Waals surface area (Å²) in [7, 11) is -2.92. The molecule has 2 heterocycles. The summed E-state index contributed by atoms with van der Waals surface area (Å²) < 4.78 is 22.9. The number of nitrogens with zero attached hydrogens (tertiary/aromatic N) is 1. The molecule has 0 aromatic carbocycles. The van der Waals surface area contributed by atoms with Gasteiger partial charge < -0.3 is 10.2 Å². The molecular weight excluding hydrogens is 240 g/mol. The number of carbonyl (C=O) groups excluding carboxylic acids is 1. The molecule has 98 valence electrons. The first-order chi connectivity index (χ1) is 8.03. The topological polar surface area (TPSA) is 66.5 Å². The van der Waals surface area contributed by atoms with E-state index in [-0.39, 0.29) is 29.5 Å². The maximum absolute atomic E-state index is 12.2. The fraction of sp³-hybridized carbons (Fsp3) is 0.909. The Kier molecular flexibility index (Phi) is 3.73. The summed E-state index contributed by atoms with van der Waals surface area (Å²) in [6.45, 7) is 3.39. The van der Waals surface area contributed by atoms with Gasteiger partial charge in [-0.1, -0.05) is 0 Å². The second-order valence-electron chi connectivity index (χ2n) is 4.83. The number of carbonyl (C=O) groups is 1. The molecule has 5 nitrogen and oxygen atoms in total. The zero-order valence-electron chi connectivity index (χ0n) is 10.2. The van der Waals surface area contributed by atoms with Crippen LogP contribution in [0.25, 0.3) is 0 Å². The fourth-order valence-corrected chi connectivity index (χ4v) is 4.44. The van der Waals surface area contributed by atoms with Crippen LogP contribution in [0.1, 0.15) is 26.2 Å². The summed E-state index contributed by atoms with van der Waals surface area (Å²) in [6.07, 6.45) is 2.49. The minimum absolute atomic E-state index is 0.0760. The molecule has 2 saturated heterocycles. The maximum atomic E-state index is 12.2. The summed E-state index contributed by atoms with van der Waals surface area (Å²) in [5.74, 6) is 0.436. The normalized spacial score (nSPS) is 31.6. The Balaban J connectivity index is 2.03. The highest BCUT2D eigenvalue weighted by atomic mass is 32.2. The van der Waals surface area contributed by atoms with Gasteiger partial charge in [-0.05, 0) is 32.7 Å². The lowest BCUT2D eigenvalue weighted by atomic mass is 10.1. The smallest absolute Gasteiger partial charge is 0.239 e. The molecule has 1 N–H and O–H groups in total. The standard InChI is InChI=1S/C11H20N2O3S/c1-2-13(9-5-7-17(15,16)8-9)11(14)10-4-3-6-12-10/h9-10,12H,2-8H2,1H3/t9?,10-/m0/s1. The van der Waals surface area contributed by atoms with E-state index in [0.29, 0.717) is 13.0 Å². The molecule has 0 saturated carbocycles. The fourth-order valence-electron chi connectivity index (χ4n) is 2.71. The number of hydrogen-bond acceptors (Lipinski definition) is 4. The molecule has 1 unspecified atom stereocenters. The lowest BCUT2D eigenvalue weighted by molar-refractivity contribution is -0.134. The van der Waals surface area contributed by atoms with Gasteiger partial charge in [-0.15, -0.1) is 0 Å². The van der Waals surface area contributed by atoms with Gasteiger partial charge in [0.25, 0.3) is 0 Å². The van der Waals surface area contributed by atoms with E-state index in [4.69, 9.17) is 0 Å². The molecule has 0 radical (unpaired) electrons. The maximum Gasteiger partial charge on any atom is 0.239 e. The van der Waals surface area contributed by atoms with Crippen LogP contribution in [0.4, 0.5) is 0 Å². The van der Waals surface area contributed by atoms with Crippen LogP contribution in [0.3, 0.4) is 0 Å². The van der Waals surface area contributed by atoms with E-state index in [1.54, 1.807) is 4.90 Å². The minimum Gasteiger partial charge on any atom is -0.338 e. The quantitative estimate of drug-likeness (QED) is 0.761. The highest BCUT2D eigenvalue weighted by molar-refractivity contribution is 7.91. The van der Waals surface area contributed by atoms with E-state index in [1.165, 1.54) is 0 Å². The van der Waals surface area contributed by atoms with E-state index < -0.39 is 9.84 Å². The molecule has 2 atom stereocenters.